The SMILES string of the molecule is COc1cc(C(=O)O)nc(-c2cnn(CC3CC3)c2)c1. The van der Waals surface area contributed by atoms with Crippen molar-refractivity contribution in [2.75, 3.05) is 7.11 Å². The van der Waals surface area contributed by atoms with Crippen molar-refractivity contribution in [3.8, 4) is 17.0 Å². The maximum absolute atomic E-state index is 11.1. The number of pyridine rings is 1. The third-order valence-electron chi connectivity index (χ3n) is 3.32. The molecule has 2 heterocycles. The molecule has 0 radical (unpaired) electrons. The molecule has 20 heavy (non-hydrogen) atoms. The quantitative estimate of drug-likeness (QED) is 0.902. The molecule has 0 bridgehead atoms. The topological polar surface area (TPSA) is 77.2 Å². The summed E-state index contributed by atoms with van der Waals surface area (Å²) in [4.78, 5) is 15.2. The number of methoxy groups -OCH3 is 1. The maximum Gasteiger partial charge on any atom is 0.354 e. The number of carboxylic acid groups (broad SMARTS) is 1. The van der Waals surface area contributed by atoms with Gasteiger partial charge >= 0.3 is 5.97 Å². The zero-order valence-electron chi connectivity index (χ0n) is 11.1. The molecule has 1 N–H and O–H groups in total. The average molecular weight is 273 g/mol. The van der Waals surface area contributed by atoms with E-state index in [1.165, 1.54) is 26.0 Å². The first kappa shape index (κ1) is 12.7. The van der Waals surface area contributed by atoms with E-state index in [0.29, 0.717) is 11.4 Å². The second kappa shape index (κ2) is 4.96. The summed E-state index contributed by atoms with van der Waals surface area (Å²) in [5.41, 5.74) is 1.32. The number of carbonyl (C=O) groups is 1. The molecule has 2 aromatic heterocycles. The fourth-order valence-electron chi connectivity index (χ4n) is 2.04. The van der Waals surface area contributed by atoms with Gasteiger partial charge in [0.25, 0.3) is 0 Å². The van der Waals surface area contributed by atoms with Gasteiger partial charge in [-0.3, -0.25) is 4.68 Å². The Morgan fingerprint density at radius 1 is 1.50 bits per heavy atom. The highest BCUT2D eigenvalue weighted by Gasteiger charge is 2.22. The van der Waals surface area contributed by atoms with Gasteiger partial charge in [-0.15, -0.1) is 0 Å². The summed E-state index contributed by atoms with van der Waals surface area (Å²) in [6.45, 7) is 0.912. The van der Waals surface area contributed by atoms with E-state index in [2.05, 4.69) is 10.1 Å². The molecule has 0 spiro atoms. The molecule has 2 aromatic rings. The molecule has 0 unspecified atom stereocenters. The number of ether oxygens (including phenoxy) is 1. The molecule has 1 aliphatic carbocycles. The largest absolute Gasteiger partial charge is 0.497 e. The van der Waals surface area contributed by atoms with Gasteiger partial charge in [0.2, 0.25) is 0 Å². The van der Waals surface area contributed by atoms with Gasteiger partial charge in [-0.1, -0.05) is 0 Å². The van der Waals surface area contributed by atoms with Crippen molar-refractivity contribution < 1.29 is 14.6 Å². The van der Waals surface area contributed by atoms with Crippen LogP contribution >= 0.6 is 0 Å². The second-order valence-electron chi connectivity index (χ2n) is 4.98. The van der Waals surface area contributed by atoms with Crippen molar-refractivity contribution in [2.45, 2.75) is 19.4 Å². The number of hydrogen-bond acceptors (Lipinski definition) is 4. The minimum atomic E-state index is -1.07. The van der Waals surface area contributed by atoms with Crippen molar-refractivity contribution in [3.05, 3.63) is 30.2 Å². The lowest BCUT2D eigenvalue weighted by molar-refractivity contribution is 0.0690. The molecule has 0 saturated heterocycles. The molecular weight excluding hydrogens is 258 g/mol. The number of hydrogen-bond donors (Lipinski definition) is 1. The predicted octanol–water partition coefficient (Wildman–Crippen LogP) is 2.06. The van der Waals surface area contributed by atoms with Crippen molar-refractivity contribution in [3.63, 3.8) is 0 Å². The molecule has 0 aromatic carbocycles. The Morgan fingerprint density at radius 2 is 2.30 bits per heavy atom. The lowest BCUT2D eigenvalue weighted by atomic mass is 10.2. The van der Waals surface area contributed by atoms with E-state index in [-0.39, 0.29) is 5.69 Å². The van der Waals surface area contributed by atoms with Gasteiger partial charge < -0.3 is 9.84 Å². The summed E-state index contributed by atoms with van der Waals surface area (Å²) < 4.78 is 7.00. The van der Waals surface area contributed by atoms with Crippen LogP contribution in [0.1, 0.15) is 23.3 Å². The number of rotatable bonds is 5. The van der Waals surface area contributed by atoms with E-state index < -0.39 is 5.97 Å². The summed E-state index contributed by atoms with van der Waals surface area (Å²) >= 11 is 0. The van der Waals surface area contributed by atoms with E-state index in [0.717, 1.165) is 18.0 Å². The average Bonchev–Trinajstić information content (AvgIpc) is 3.13. The fourth-order valence-corrected chi connectivity index (χ4v) is 2.04. The highest BCUT2D eigenvalue weighted by molar-refractivity contribution is 5.86. The lowest BCUT2D eigenvalue weighted by Crippen LogP contribution is -2.02. The normalized spacial score (nSPS) is 14.2. The van der Waals surface area contributed by atoms with Crippen LogP contribution in [0.3, 0.4) is 0 Å². The molecule has 3 rings (SSSR count). The third-order valence-corrected chi connectivity index (χ3v) is 3.32. The van der Waals surface area contributed by atoms with Crippen molar-refractivity contribution in [2.24, 2.45) is 5.92 Å². The Labute approximate surface area is 116 Å². The summed E-state index contributed by atoms with van der Waals surface area (Å²) in [6, 6.07) is 3.12. The minimum absolute atomic E-state index is 0.0331. The number of aromatic nitrogens is 3. The van der Waals surface area contributed by atoms with E-state index in [1.807, 2.05) is 10.9 Å². The van der Waals surface area contributed by atoms with Gasteiger partial charge in [-0.05, 0) is 18.8 Å². The van der Waals surface area contributed by atoms with E-state index in [1.54, 1.807) is 12.3 Å². The monoisotopic (exact) mass is 273 g/mol. The molecule has 1 aliphatic rings. The first-order valence-electron chi connectivity index (χ1n) is 6.48. The maximum atomic E-state index is 11.1. The van der Waals surface area contributed by atoms with E-state index in [4.69, 9.17) is 9.84 Å². The molecule has 0 atom stereocenters. The van der Waals surface area contributed by atoms with Gasteiger partial charge in [0.1, 0.15) is 5.75 Å². The van der Waals surface area contributed by atoms with Crippen LogP contribution < -0.4 is 4.74 Å². The number of nitrogens with zero attached hydrogens (tertiary/aromatic N) is 3. The second-order valence-corrected chi connectivity index (χ2v) is 4.98. The Morgan fingerprint density at radius 3 is 2.95 bits per heavy atom. The van der Waals surface area contributed by atoms with Gasteiger partial charge in [0.05, 0.1) is 19.0 Å². The van der Waals surface area contributed by atoms with Crippen LogP contribution in [0.4, 0.5) is 0 Å². The summed E-state index contributed by atoms with van der Waals surface area (Å²) in [7, 11) is 1.50. The van der Waals surface area contributed by atoms with Crippen molar-refractivity contribution in [1.29, 1.82) is 0 Å². The van der Waals surface area contributed by atoms with Crippen LogP contribution in [0.15, 0.2) is 24.5 Å². The molecule has 0 aliphatic heterocycles. The Kier molecular flexibility index (Phi) is 3.14. The van der Waals surface area contributed by atoms with Crippen LogP contribution in [-0.2, 0) is 6.54 Å². The fraction of sp³-hybridized carbons (Fsp3) is 0.357. The van der Waals surface area contributed by atoms with Crippen LogP contribution in [0, 0.1) is 5.92 Å². The first-order valence-corrected chi connectivity index (χ1v) is 6.48. The van der Waals surface area contributed by atoms with Crippen LogP contribution in [-0.4, -0.2) is 33.0 Å². The Balaban J connectivity index is 1.93. The van der Waals surface area contributed by atoms with Gasteiger partial charge in [0.15, 0.2) is 5.69 Å². The molecule has 1 fully saturated rings. The van der Waals surface area contributed by atoms with Gasteiger partial charge in [-0.25, -0.2) is 9.78 Å². The van der Waals surface area contributed by atoms with E-state index in [9.17, 15) is 4.79 Å². The zero-order chi connectivity index (χ0) is 14.1. The Hall–Kier alpha value is -2.37. The van der Waals surface area contributed by atoms with Crippen LogP contribution in [0.5, 0.6) is 5.75 Å². The molecule has 1 saturated carbocycles. The van der Waals surface area contributed by atoms with Crippen LogP contribution in [0.25, 0.3) is 11.3 Å². The summed E-state index contributed by atoms with van der Waals surface area (Å²) in [6.07, 6.45) is 6.12. The van der Waals surface area contributed by atoms with Gasteiger partial charge in [0, 0.05) is 30.4 Å². The zero-order valence-corrected chi connectivity index (χ0v) is 11.1. The van der Waals surface area contributed by atoms with Crippen molar-refractivity contribution >= 4 is 5.97 Å². The molecule has 104 valence electrons. The summed E-state index contributed by atoms with van der Waals surface area (Å²) in [5, 5.41) is 13.4. The van der Waals surface area contributed by atoms with Crippen molar-refractivity contribution in [1.82, 2.24) is 14.8 Å². The van der Waals surface area contributed by atoms with Crippen LogP contribution in [0.2, 0.25) is 0 Å². The predicted molar refractivity (Wildman–Crippen MR) is 71.7 cm³/mol. The molecule has 0 amide bonds. The molecule has 6 nitrogen and oxygen atoms in total. The summed E-state index contributed by atoms with van der Waals surface area (Å²) in [5.74, 6) is 0.133. The smallest absolute Gasteiger partial charge is 0.354 e. The first-order chi connectivity index (χ1) is 9.65. The van der Waals surface area contributed by atoms with E-state index >= 15 is 0 Å². The number of aromatic carboxylic acids is 1. The standard InChI is InChI=1S/C14H15N3O3/c1-20-11-4-12(16-13(5-11)14(18)19)10-6-15-17(8-10)7-9-2-3-9/h4-6,8-9H,2-3,7H2,1H3,(H,18,19). The number of carboxylic acids is 1. The van der Waals surface area contributed by atoms with Gasteiger partial charge in [-0.2, -0.15) is 5.10 Å². The third kappa shape index (κ3) is 2.64. The molecular formula is C14H15N3O3. The highest BCUT2D eigenvalue weighted by atomic mass is 16.5. The minimum Gasteiger partial charge on any atom is -0.497 e. The Bertz CT molecular complexity index is 647. The lowest BCUT2D eigenvalue weighted by Gasteiger charge is -2.04. The molecule has 6 heteroatoms. The highest BCUT2D eigenvalue weighted by Crippen LogP contribution is 2.31.